The van der Waals surface area contributed by atoms with Gasteiger partial charge in [0.15, 0.2) is 11.5 Å². The lowest BCUT2D eigenvalue weighted by molar-refractivity contribution is 0.0943. The zero-order valence-electron chi connectivity index (χ0n) is 9.16. The van der Waals surface area contributed by atoms with Crippen LogP contribution in [0.4, 0.5) is 0 Å². The van der Waals surface area contributed by atoms with Crippen molar-refractivity contribution in [1.82, 2.24) is 10.5 Å². The van der Waals surface area contributed by atoms with Crippen LogP contribution in [0.2, 0.25) is 0 Å². The van der Waals surface area contributed by atoms with Crippen LogP contribution in [0.5, 0.6) is 0 Å². The van der Waals surface area contributed by atoms with Crippen molar-refractivity contribution in [2.75, 3.05) is 18.1 Å². The molecule has 1 amide bonds. The summed E-state index contributed by atoms with van der Waals surface area (Å²) in [5.74, 6) is 0.361. The maximum absolute atomic E-state index is 11.5. The first-order valence-corrected chi connectivity index (χ1v) is 6.59. The summed E-state index contributed by atoms with van der Waals surface area (Å²) in [6, 6.07) is 1.59. The molecule has 0 aliphatic carbocycles. The molecule has 16 heavy (non-hydrogen) atoms. The Kier molecular flexibility index (Phi) is 6.39. The van der Waals surface area contributed by atoms with Crippen molar-refractivity contribution in [1.29, 1.82) is 0 Å². The van der Waals surface area contributed by atoms with E-state index in [4.69, 9.17) is 9.26 Å². The van der Waals surface area contributed by atoms with Gasteiger partial charge in [-0.25, -0.2) is 0 Å². The van der Waals surface area contributed by atoms with Gasteiger partial charge in [-0.1, -0.05) is 27.7 Å². The van der Waals surface area contributed by atoms with Crippen LogP contribution in [-0.4, -0.2) is 29.1 Å². The number of hydrogen-bond donors (Lipinski definition) is 1. The molecule has 0 saturated carbocycles. The minimum absolute atomic E-state index is 0.195. The van der Waals surface area contributed by atoms with Crippen molar-refractivity contribution in [3.05, 3.63) is 17.5 Å². The van der Waals surface area contributed by atoms with Crippen LogP contribution in [0.25, 0.3) is 0 Å². The zero-order chi connectivity index (χ0) is 11.8. The number of methoxy groups -OCH3 is 1. The number of halogens is 1. The normalized spacial score (nSPS) is 10.4. The third kappa shape index (κ3) is 4.48. The van der Waals surface area contributed by atoms with E-state index in [1.165, 1.54) is 0 Å². The van der Waals surface area contributed by atoms with Crippen LogP contribution < -0.4 is 5.32 Å². The molecule has 1 N–H and O–H groups in total. The number of ether oxygens (including phenoxy) is 1. The Morgan fingerprint density at radius 3 is 3.12 bits per heavy atom. The number of carbonyl (C=O) groups excluding carboxylic acids is 1. The van der Waals surface area contributed by atoms with Crippen LogP contribution in [-0.2, 0) is 11.3 Å². The van der Waals surface area contributed by atoms with Gasteiger partial charge in [-0.3, -0.25) is 4.79 Å². The molecule has 90 valence electrons. The van der Waals surface area contributed by atoms with Crippen molar-refractivity contribution >= 4 is 28.5 Å². The predicted molar refractivity (Wildman–Crippen MR) is 67.7 cm³/mol. The third-order valence-electron chi connectivity index (χ3n) is 1.92. The quantitative estimate of drug-likeness (QED) is 0.468. The zero-order valence-corrected chi connectivity index (χ0v) is 11.3. The Bertz CT molecular complexity index is 328. The number of carbonyl (C=O) groups is 1. The minimum atomic E-state index is -0.195. The summed E-state index contributed by atoms with van der Waals surface area (Å²) < 4.78 is 10.9. The molecule has 0 bridgehead atoms. The van der Waals surface area contributed by atoms with Gasteiger partial charge in [-0.15, -0.1) is 0 Å². The van der Waals surface area contributed by atoms with E-state index >= 15 is 0 Å². The molecule has 0 radical (unpaired) electrons. The van der Waals surface area contributed by atoms with E-state index in [1.54, 1.807) is 13.2 Å². The summed E-state index contributed by atoms with van der Waals surface area (Å²) in [7, 11) is 1.56. The Labute approximate surface area is 108 Å². The Morgan fingerprint density at radius 1 is 1.62 bits per heavy atom. The van der Waals surface area contributed by atoms with Gasteiger partial charge in [0.1, 0.15) is 6.61 Å². The Hall–Kier alpha value is -0.630. The average molecular weight is 338 g/mol. The third-order valence-corrected chi connectivity index (χ3v) is 2.69. The van der Waals surface area contributed by atoms with Gasteiger partial charge in [0.05, 0.1) is 0 Å². The van der Waals surface area contributed by atoms with Gasteiger partial charge in [-0.2, -0.15) is 0 Å². The molecule has 5 nitrogen and oxygen atoms in total. The van der Waals surface area contributed by atoms with Gasteiger partial charge in [0, 0.05) is 19.7 Å². The van der Waals surface area contributed by atoms with Gasteiger partial charge in [0.2, 0.25) is 0 Å². The van der Waals surface area contributed by atoms with Crippen molar-refractivity contribution in [2.45, 2.75) is 19.4 Å². The van der Waals surface area contributed by atoms with Crippen LogP contribution in [0.15, 0.2) is 10.6 Å². The summed E-state index contributed by atoms with van der Waals surface area (Å²) in [5, 5.41) is 6.45. The number of nitrogens with one attached hydrogen (secondary N) is 1. The molecule has 0 atom stereocenters. The summed E-state index contributed by atoms with van der Waals surface area (Å²) in [4.78, 5) is 11.5. The minimum Gasteiger partial charge on any atom is -0.377 e. The number of unbranched alkanes of at least 4 members (excludes halogenated alkanes) is 1. The number of nitrogens with zero attached hydrogens (tertiary/aromatic N) is 1. The summed E-state index contributed by atoms with van der Waals surface area (Å²) in [5.41, 5.74) is 0.307. The summed E-state index contributed by atoms with van der Waals surface area (Å²) in [6.45, 7) is 1.00. The summed E-state index contributed by atoms with van der Waals surface area (Å²) >= 11 is 2.31. The molecule has 0 spiro atoms. The SMILES string of the molecule is COCc1cc(C(=O)NCCCCI)no1. The van der Waals surface area contributed by atoms with E-state index in [1.807, 2.05) is 0 Å². The molecule has 0 aliphatic heterocycles. The first-order chi connectivity index (χ1) is 7.77. The van der Waals surface area contributed by atoms with Crippen molar-refractivity contribution < 1.29 is 14.1 Å². The van der Waals surface area contributed by atoms with Crippen molar-refractivity contribution in [3.8, 4) is 0 Å². The maximum atomic E-state index is 11.5. The second-order valence-electron chi connectivity index (χ2n) is 3.26. The van der Waals surface area contributed by atoms with E-state index in [0.29, 0.717) is 24.6 Å². The van der Waals surface area contributed by atoms with E-state index in [2.05, 4.69) is 33.1 Å². The van der Waals surface area contributed by atoms with Crippen molar-refractivity contribution in [2.24, 2.45) is 0 Å². The highest BCUT2D eigenvalue weighted by atomic mass is 127. The molecule has 0 aromatic carbocycles. The van der Waals surface area contributed by atoms with Gasteiger partial charge in [0.25, 0.3) is 5.91 Å². The lowest BCUT2D eigenvalue weighted by Gasteiger charge is -2.00. The molecule has 1 rings (SSSR count). The lowest BCUT2D eigenvalue weighted by Crippen LogP contribution is -2.24. The molecule has 6 heteroatoms. The summed E-state index contributed by atoms with van der Waals surface area (Å²) in [6.07, 6.45) is 2.09. The molecule has 1 heterocycles. The fourth-order valence-corrected chi connectivity index (χ4v) is 1.68. The molecule has 0 aliphatic rings. The Morgan fingerprint density at radius 2 is 2.44 bits per heavy atom. The highest BCUT2D eigenvalue weighted by molar-refractivity contribution is 14.1. The largest absolute Gasteiger partial charge is 0.377 e. The average Bonchev–Trinajstić information content (AvgIpc) is 2.73. The second kappa shape index (κ2) is 7.61. The van der Waals surface area contributed by atoms with Crippen LogP contribution >= 0.6 is 22.6 Å². The molecule has 1 aromatic heterocycles. The number of alkyl halides is 1. The molecule has 0 unspecified atom stereocenters. The fraction of sp³-hybridized carbons (Fsp3) is 0.600. The molecule has 0 saturated heterocycles. The first kappa shape index (κ1) is 13.4. The Balaban J connectivity index is 2.34. The van der Waals surface area contributed by atoms with Crippen molar-refractivity contribution in [3.63, 3.8) is 0 Å². The fourth-order valence-electron chi connectivity index (χ4n) is 1.14. The van der Waals surface area contributed by atoms with Gasteiger partial charge >= 0.3 is 0 Å². The molecule has 0 fully saturated rings. The highest BCUT2D eigenvalue weighted by Crippen LogP contribution is 2.04. The van der Waals surface area contributed by atoms with E-state index in [0.717, 1.165) is 17.3 Å². The monoisotopic (exact) mass is 338 g/mol. The van der Waals surface area contributed by atoms with Crippen LogP contribution in [0.3, 0.4) is 0 Å². The van der Waals surface area contributed by atoms with Crippen LogP contribution in [0, 0.1) is 0 Å². The standard InChI is InChI=1S/C10H15IN2O3/c1-15-7-8-6-9(13-16-8)10(14)12-5-3-2-4-11/h6H,2-5,7H2,1H3,(H,12,14). The molecule has 1 aromatic rings. The van der Waals surface area contributed by atoms with Gasteiger partial charge in [-0.05, 0) is 17.3 Å². The van der Waals surface area contributed by atoms with E-state index in [9.17, 15) is 4.79 Å². The lowest BCUT2D eigenvalue weighted by atomic mass is 10.3. The smallest absolute Gasteiger partial charge is 0.273 e. The van der Waals surface area contributed by atoms with Gasteiger partial charge < -0.3 is 14.6 Å². The number of aromatic nitrogens is 1. The predicted octanol–water partition coefficient (Wildman–Crippen LogP) is 1.77. The highest BCUT2D eigenvalue weighted by Gasteiger charge is 2.11. The topological polar surface area (TPSA) is 64.4 Å². The van der Waals surface area contributed by atoms with E-state index in [-0.39, 0.29) is 5.91 Å². The number of hydrogen-bond acceptors (Lipinski definition) is 4. The van der Waals surface area contributed by atoms with Crippen LogP contribution in [0.1, 0.15) is 29.1 Å². The molecular formula is C10H15IN2O3. The first-order valence-electron chi connectivity index (χ1n) is 5.06. The van der Waals surface area contributed by atoms with E-state index < -0.39 is 0 Å². The maximum Gasteiger partial charge on any atom is 0.273 e. The second-order valence-corrected chi connectivity index (χ2v) is 4.34. The number of rotatable bonds is 7. The number of amides is 1. The molecular weight excluding hydrogens is 323 g/mol.